The van der Waals surface area contributed by atoms with Crippen molar-refractivity contribution >= 4 is 28.6 Å². The number of phenols is 1. The number of nitrogens with one attached hydrogen (secondary N) is 2. The number of morpholine rings is 1. The summed E-state index contributed by atoms with van der Waals surface area (Å²) in [4.78, 5) is 36.8. The maximum Gasteiger partial charge on any atom is 0.257 e. The molecular weight excluding hydrogens is 633 g/mol. The maximum atomic E-state index is 14.4. The standard InChI is InChI=1S/C36H42FN5O5S/c1-21-17-42(18-22(2)46-21)19-25-13-29(43)11-12-31(25)24-5-4-6-30(14-24)47-36-32(15-26(37)16-38-36)34(44)40-27-7-9-28(10-8-27)41-35(45)33-20-48-23(3)39-33/h4-6,11-16,21-22,27-28,33,43H,7-10,17-20H2,1-3H3,(H,40,44)(H,41,45)/t21-,22+,27?,28?,33?. The number of hydrogen-bond donors (Lipinski definition) is 3. The smallest absolute Gasteiger partial charge is 0.257 e. The number of thioether (sulfide) groups is 1. The summed E-state index contributed by atoms with van der Waals surface area (Å²) >= 11 is 1.60. The first-order valence-corrected chi connectivity index (χ1v) is 17.5. The van der Waals surface area contributed by atoms with Crippen molar-refractivity contribution in [2.75, 3.05) is 18.8 Å². The third kappa shape index (κ3) is 8.53. The Morgan fingerprint density at radius 1 is 1.04 bits per heavy atom. The van der Waals surface area contributed by atoms with Crippen molar-refractivity contribution in [3.05, 3.63) is 71.7 Å². The first-order valence-electron chi connectivity index (χ1n) is 16.5. The number of halogens is 1. The molecule has 2 aromatic carbocycles. The molecule has 1 unspecified atom stereocenters. The van der Waals surface area contributed by atoms with Gasteiger partial charge in [-0.2, -0.15) is 0 Å². The highest BCUT2D eigenvalue weighted by molar-refractivity contribution is 8.14. The third-order valence-electron chi connectivity index (χ3n) is 8.90. The monoisotopic (exact) mass is 675 g/mol. The van der Waals surface area contributed by atoms with Gasteiger partial charge < -0.3 is 25.2 Å². The summed E-state index contributed by atoms with van der Waals surface area (Å²) in [7, 11) is 0. The van der Waals surface area contributed by atoms with E-state index in [4.69, 9.17) is 9.47 Å². The Hall–Kier alpha value is -4.00. The summed E-state index contributed by atoms with van der Waals surface area (Å²) in [5.74, 6) is 0.133. The molecule has 1 aromatic heterocycles. The summed E-state index contributed by atoms with van der Waals surface area (Å²) in [6.45, 7) is 8.25. The molecule has 0 bridgehead atoms. The number of aromatic hydroxyl groups is 1. The number of carbonyl (C=O) groups excluding carboxylic acids is 2. The Labute approximate surface area is 284 Å². The fourth-order valence-corrected chi connectivity index (χ4v) is 7.55. The van der Waals surface area contributed by atoms with Crippen LogP contribution in [0, 0.1) is 5.82 Å². The van der Waals surface area contributed by atoms with Crippen molar-refractivity contribution in [2.24, 2.45) is 4.99 Å². The van der Waals surface area contributed by atoms with Crippen LogP contribution < -0.4 is 15.4 Å². The van der Waals surface area contributed by atoms with Gasteiger partial charge in [-0.15, -0.1) is 11.8 Å². The van der Waals surface area contributed by atoms with Crippen LogP contribution in [0.5, 0.6) is 17.4 Å². The highest BCUT2D eigenvalue weighted by Crippen LogP contribution is 2.33. The molecule has 2 aliphatic heterocycles. The molecule has 6 rings (SSSR count). The van der Waals surface area contributed by atoms with Gasteiger partial charge in [-0.1, -0.05) is 18.2 Å². The number of pyridine rings is 1. The first-order chi connectivity index (χ1) is 23.1. The van der Waals surface area contributed by atoms with Crippen LogP contribution in [0.2, 0.25) is 0 Å². The molecule has 1 aliphatic carbocycles. The summed E-state index contributed by atoms with van der Waals surface area (Å²) in [5.41, 5.74) is 2.77. The molecule has 3 aromatic rings. The van der Waals surface area contributed by atoms with Gasteiger partial charge in [-0.25, -0.2) is 9.37 Å². The van der Waals surface area contributed by atoms with Crippen LogP contribution in [0.4, 0.5) is 4.39 Å². The minimum Gasteiger partial charge on any atom is -0.508 e. The number of aromatic nitrogens is 1. The van der Waals surface area contributed by atoms with Crippen molar-refractivity contribution in [1.82, 2.24) is 20.5 Å². The second-order valence-electron chi connectivity index (χ2n) is 12.9. The van der Waals surface area contributed by atoms with Crippen molar-refractivity contribution < 1.29 is 28.6 Å². The molecule has 0 spiro atoms. The largest absolute Gasteiger partial charge is 0.508 e. The van der Waals surface area contributed by atoms with E-state index in [2.05, 4.69) is 39.4 Å². The molecule has 3 heterocycles. The van der Waals surface area contributed by atoms with Gasteiger partial charge in [0.1, 0.15) is 28.9 Å². The van der Waals surface area contributed by atoms with E-state index >= 15 is 0 Å². The third-order valence-corrected chi connectivity index (χ3v) is 9.90. The van der Waals surface area contributed by atoms with Crippen molar-refractivity contribution in [3.8, 4) is 28.5 Å². The van der Waals surface area contributed by atoms with Gasteiger partial charge >= 0.3 is 0 Å². The van der Waals surface area contributed by atoms with Crippen molar-refractivity contribution in [3.63, 3.8) is 0 Å². The lowest BCUT2D eigenvalue weighted by Gasteiger charge is -2.35. The van der Waals surface area contributed by atoms with Crippen LogP contribution >= 0.6 is 11.8 Å². The molecule has 0 radical (unpaired) electrons. The fourth-order valence-electron chi connectivity index (χ4n) is 6.73. The van der Waals surface area contributed by atoms with Crippen LogP contribution in [0.3, 0.4) is 0 Å². The summed E-state index contributed by atoms with van der Waals surface area (Å²) in [6, 6.07) is 13.4. The molecule has 12 heteroatoms. The maximum absolute atomic E-state index is 14.4. The van der Waals surface area contributed by atoms with E-state index in [1.165, 1.54) is 0 Å². The van der Waals surface area contributed by atoms with Crippen LogP contribution in [0.25, 0.3) is 11.1 Å². The molecule has 48 heavy (non-hydrogen) atoms. The molecule has 3 atom stereocenters. The van der Waals surface area contributed by atoms with Gasteiger partial charge in [-0.3, -0.25) is 19.5 Å². The zero-order valence-corrected chi connectivity index (χ0v) is 28.3. The average Bonchev–Trinajstić information content (AvgIpc) is 3.49. The van der Waals surface area contributed by atoms with Crippen LogP contribution in [-0.2, 0) is 16.1 Å². The topological polar surface area (TPSA) is 125 Å². The minimum atomic E-state index is -0.642. The SMILES string of the molecule is CC1=NC(C(=O)NC2CCC(NC(=O)c3cc(F)cnc3Oc3cccc(-c4ccc(O)cc4CN4C[C@@H](C)O[C@@H](C)C4)c3)CC2)CS1. The number of aliphatic imine (C=N–C) groups is 1. The zero-order chi connectivity index (χ0) is 33.8. The molecule has 254 valence electrons. The van der Waals surface area contributed by atoms with Crippen LogP contribution in [-0.4, -0.2) is 81.0 Å². The Morgan fingerprint density at radius 2 is 1.77 bits per heavy atom. The van der Waals surface area contributed by atoms with E-state index in [1.807, 2.05) is 31.2 Å². The quantitative estimate of drug-likeness (QED) is 0.265. The van der Waals surface area contributed by atoms with E-state index in [-0.39, 0.29) is 53.4 Å². The second-order valence-corrected chi connectivity index (χ2v) is 14.1. The molecular formula is C36H42FN5O5S. The number of nitrogens with zero attached hydrogens (tertiary/aromatic N) is 3. The van der Waals surface area contributed by atoms with Gasteiger partial charge in [0.25, 0.3) is 5.91 Å². The highest BCUT2D eigenvalue weighted by Gasteiger charge is 2.29. The first kappa shape index (κ1) is 33.9. The number of benzene rings is 2. The summed E-state index contributed by atoms with van der Waals surface area (Å²) < 4.78 is 26.4. The minimum absolute atomic E-state index is 0.000461. The molecule has 2 amide bonds. The van der Waals surface area contributed by atoms with Crippen molar-refractivity contribution in [2.45, 2.75) is 83.3 Å². The second kappa shape index (κ2) is 15.0. The van der Waals surface area contributed by atoms with Crippen molar-refractivity contribution in [1.29, 1.82) is 0 Å². The number of rotatable bonds is 9. The van der Waals surface area contributed by atoms with E-state index in [0.29, 0.717) is 30.9 Å². The fraction of sp³-hybridized carbons (Fsp3) is 0.444. The Morgan fingerprint density at radius 3 is 2.48 bits per heavy atom. The van der Waals surface area contributed by atoms with E-state index in [0.717, 1.165) is 59.9 Å². The number of carbonyl (C=O) groups is 2. The number of ether oxygens (including phenoxy) is 2. The molecule has 2 fully saturated rings. The molecule has 1 saturated carbocycles. The number of hydrogen-bond acceptors (Lipinski definition) is 9. The van der Waals surface area contributed by atoms with Gasteiger partial charge in [0.2, 0.25) is 11.8 Å². The van der Waals surface area contributed by atoms with E-state index in [9.17, 15) is 19.1 Å². The predicted octanol–water partition coefficient (Wildman–Crippen LogP) is 5.69. The lowest BCUT2D eigenvalue weighted by molar-refractivity contribution is -0.122. The zero-order valence-electron chi connectivity index (χ0n) is 27.4. The normalized spacial score (nSPS) is 24.5. The van der Waals surface area contributed by atoms with Gasteiger partial charge in [-0.05, 0) is 93.5 Å². The molecule has 3 aliphatic rings. The predicted molar refractivity (Wildman–Crippen MR) is 184 cm³/mol. The van der Waals surface area contributed by atoms with Gasteiger partial charge in [0.05, 0.1) is 23.4 Å². The Kier molecular flexibility index (Phi) is 10.6. The number of phenolic OH excluding ortho intramolecular Hbond substituents is 1. The van der Waals surface area contributed by atoms with Gasteiger partial charge in [0.15, 0.2) is 0 Å². The van der Waals surface area contributed by atoms with Crippen LogP contribution in [0.15, 0.2) is 59.7 Å². The lowest BCUT2D eigenvalue weighted by atomic mass is 9.90. The molecule has 3 N–H and O–H groups in total. The van der Waals surface area contributed by atoms with E-state index < -0.39 is 11.7 Å². The lowest BCUT2D eigenvalue weighted by Crippen LogP contribution is -2.46. The molecule has 10 nitrogen and oxygen atoms in total. The Bertz CT molecular complexity index is 1670. The highest BCUT2D eigenvalue weighted by atomic mass is 32.2. The van der Waals surface area contributed by atoms with Crippen LogP contribution in [0.1, 0.15) is 62.4 Å². The average molecular weight is 676 g/mol. The summed E-state index contributed by atoms with van der Waals surface area (Å²) in [5, 5.41) is 17.4. The van der Waals surface area contributed by atoms with E-state index in [1.54, 1.807) is 30.0 Å². The summed E-state index contributed by atoms with van der Waals surface area (Å²) in [6.07, 6.45) is 4.06. The molecule has 1 saturated heterocycles. The van der Waals surface area contributed by atoms with Gasteiger partial charge in [0, 0.05) is 37.5 Å². The number of amides is 2. The Balaban J connectivity index is 1.11.